The molecule has 0 atom stereocenters. The summed E-state index contributed by atoms with van der Waals surface area (Å²) in [5.74, 6) is 0. The topological polar surface area (TPSA) is 17.8 Å². The van der Waals surface area contributed by atoms with Crippen molar-refractivity contribution < 1.29 is 14.5 Å². The zero-order valence-corrected chi connectivity index (χ0v) is 8.76. The summed E-state index contributed by atoms with van der Waals surface area (Å²) in [5.41, 5.74) is -0.535. The molecule has 0 saturated heterocycles. The van der Waals surface area contributed by atoms with Crippen molar-refractivity contribution in [2.45, 2.75) is 11.3 Å². The van der Waals surface area contributed by atoms with Crippen molar-refractivity contribution in [3.63, 3.8) is 0 Å². The third-order valence-electron chi connectivity index (χ3n) is 2.00. The van der Waals surface area contributed by atoms with Crippen LogP contribution in [-0.2, 0) is 6.18 Å². The van der Waals surface area contributed by atoms with Crippen LogP contribution in [0.25, 0.3) is 5.69 Å². The van der Waals surface area contributed by atoms with Crippen LogP contribution < -0.4 is 0 Å². The van der Waals surface area contributed by atoms with Crippen LogP contribution in [0.5, 0.6) is 0 Å². The molecular formula is C10H7F3N2S. The van der Waals surface area contributed by atoms with E-state index in [1.165, 1.54) is 23.0 Å². The zero-order chi connectivity index (χ0) is 12.6. The van der Waals surface area contributed by atoms with Crippen molar-refractivity contribution in [1.82, 2.24) is 9.55 Å². The molecule has 1 aromatic heterocycles. The van der Waals surface area contributed by atoms with Crippen LogP contribution in [0.4, 0.5) is 13.2 Å². The van der Waals surface area contributed by atoms with E-state index in [0.717, 1.165) is 12.1 Å². The van der Waals surface area contributed by atoms with Crippen LogP contribution in [0.15, 0.2) is 41.8 Å². The number of rotatable bonds is 1. The van der Waals surface area contributed by atoms with Crippen LogP contribution in [0.2, 0.25) is 0 Å². The Morgan fingerprint density at radius 2 is 2.06 bits per heavy atom. The third-order valence-corrected chi connectivity index (χ3v) is 2.34. The summed E-state index contributed by atoms with van der Waals surface area (Å²) >= 11 is 4.04. The largest absolute Gasteiger partial charge is 0.416 e. The SMILES string of the molecule is [2H]c1cc(C(F)(F)F)ccc1-n1ccnc1S. The van der Waals surface area contributed by atoms with Crippen LogP contribution in [-0.4, -0.2) is 9.55 Å². The number of aromatic nitrogens is 2. The van der Waals surface area contributed by atoms with Gasteiger partial charge in [-0.2, -0.15) is 13.2 Å². The first kappa shape index (κ1) is 9.77. The summed E-state index contributed by atoms with van der Waals surface area (Å²) in [6.07, 6.45) is -1.45. The molecule has 84 valence electrons. The van der Waals surface area contributed by atoms with Gasteiger partial charge in [-0.05, 0) is 24.2 Å². The fraction of sp³-hybridized carbons (Fsp3) is 0.100. The first-order valence-electron chi connectivity index (χ1n) is 4.80. The standard InChI is InChI=1S/C10H7F3N2S/c11-10(12,13)7-1-3-8(4-2-7)15-6-5-14-9(15)16/h1-6H,(H,14,16)/i3D. The van der Waals surface area contributed by atoms with E-state index in [1.54, 1.807) is 0 Å². The van der Waals surface area contributed by atoms with E-state index in [9.17, 15) is 13.2 Å². The molecular weight excluding hydrogens is 237 g/mol. The number of halogens is 3. The van der Waals surface area contributed by atoms with E-state index in [1.807, 2.05) is 0 Å². The second-order valence-electron chi connectivity index (χ2n) is 3.06. The van der Waals surface area contributed by atoms with Gasteiger partial charge in [0, 0.05) is 18.1 Å². The minimum Gasteiger partial charge on any atom is -0.295 e. The monoisotopic (exact) mass is 245 g/mol. The van der Waals surface area contributed by atoms with E-state index < -0.39 is 11.7 Å². The van der Waals surface area contributed by atoms with Crippen LogP contribution in [0.1, 0.15) is 6.93 Å². The predicted octanol–water partition coefficient (Wildman–Crippen LogP) is 3.18. The van der Waals surface area contributed by atoms with Gasteiger partial charge in [0.25, 0.3) is 0 Å². The van der Waals surface area contributed by atoms with Gasteiger partial charge in [-0.15, -0.1) is 12.6 Å². The number of hydrogen-bond donors (Lipinski definition) is 1. The van der Waals surface area contributed by atoms with Crippen molar-refractivity contribution in [1.29, 1.82) is 0 Å². The van der Waals surface area contributed by atoms with E-state index in [2.05, 4.69) is 17.6 Å². The lowest BCUT2D eigenvalue weighted by Gasteiger charge is -2.08. The lowest BCUT2D eigenvalue weighted by Crippen LogP contribution is -2.04. The maximum atomic E-state index is 12.4. The second kappa shape index (κ2) is 3.86. The molecule has 1 aromatic carbocycles. The van der Waals surface area contributed by atoms with E-state index in [0.29, 0.717) is 10.8 Å². The Labute approximate surface area is 96.5 Å². The summed E-state index contributed by atoms with van der Waals surface area (Å²) < 4.78 is 46.2. The second-order valence-corrected chi connectivity index (χ2v) is 3.46. The highest BCUT2D eigenvalue weighted by Gasteiger charge is 2.29. The molecule has 2 aromatic rings. The number of hydrogen-bond acceptors (Lipinski definition) is 2. The molecule has 0 unspecified atom stereocenters. The maximum absolute atomic E-state index is 12.4. The van der Waals surface area contributed by atoms with Gasteiger partial charge in [-0.25, -0.2) is 4.98 Å². The lowest BCUT2D eigenvalue weighted by atomic mass is 10.2. The smallest absolute Gasteiger partial charge is 0.295 e. The minimum absolute atomic E-state index is 0.229. The summed E-state index contributed by atoms with van der Waals surface area (Å²) in [5, 5.41) is 0.318. The van der Waals surface area contributed by atoms with E-state index in [-0.39, 0.29) is 6.04 Å². The normalized spacial score (nSPS) is 12.6. The highest BCUT2D eigenvalue weighted by molar-refractivity contribution is 7.80. The summed E-state index contributed by atoms with van der Waals surface area (Å²) in [6, 6.07) is 2.71. The molecule has 16 heavy (non-hydrogen) atoms. The molecule has 0 fully saturated rings. The average Bonchev–Trinajstić information content (AvgIpc) is 2.63. The fourth-order valence-corrected chi connectivity index (χ4v) is 1.47. The minimum atomic E-state index is -4.44. The molecule has 0 saturated carbocycles. The van der Waals surface area contributed by atoms with Gasteiger partial charge in [-0.3, -0.25) is 4.57 Å². The molecule has 2 rings (SSSR count). The molecule has 0 aliphatic heterocycles. The number of imidazole rings is 1. The maximum Gasteiger partial charge on any atom is 0.416 e. The number of thiol groups is 1. The highest BCUT2D eigenvalue weighted by atomic mass is 32.1. The highest BCUT2D eigenvalue weighted by Crippen LogP contribution is 2.29. The van der Waals surface area contributed by atoms with Gasteiger partial charge < -0.3 is 0 Å². The number of alkyl halides is 3. The number of nitrogens with zero attached hydrogens (tertiary/aromatic N) is 2. The van der Waals surface area contributed by atoms with Gasteiger partial charge in [0.1, 0.15) is 0 Å². The van der Waals surface area contributed by atoms with Crippen molar-refractivity contribution in [3.05, 3.63) is 42.2 Å². The summed E-state index contributed by atoms with van der Waals surface area (Å²) in [7, 11) is 0. The van der Waals surface area contributed by atoms with Crippen LogP contribution >= 0.6 is 12.6 Å². The van der Waals surface area contributed by atoms with Gasteiger partial charge in [0.15, 0.2) is 5.16 Å². The average molecular weight is 245 g/mol. The van der Waals surface area contributed by atoms with E-state index >= 15 is 0 Å². The molecule has 1 heterocycles. The first-order chi connectivity index (χ1) is 7.89. The molecule has 0 radical (unpaired) electrons. The Hall–Kier alpha value is -1.43. The molecule has 0 N–H and O–H groups in total. The van der Waals surface area contributed by atoms with Crippen molar-refractivity contribution in [2.75, 3.05) is 0 Å². The van der Waals surface area contributed by atoms with Gasteiger partial charge in [0.2, 0.25) is 0 Å². The number of benzene rings is 1. The van der Waals surface area contributed by atoms with Crippen molar-refractivity contribution >= 4 is 12.6 Å². The third kappa shape index (κ3) is 2.06. The van der Waals surface area contributed by atoms with Crippen molar-refractivity contribution in [2.24, 2.45) is 0 Å². The van der Waals surface area contributed by atoms with Gasteiger partial charge in [-0.1, -0.05) is 0 Å². The van der Waals surface area contributed by atoms with Crippen molar-refractivity contribution in [3.8, 4) is 5.69 Å². The Balaban J connectivity index is 2.50. The quantitative estimate of drug-likeness (QED) is 0.764. The molecule has 0 aliphatic carbocycles. The summed E-state index contributed by atoms with van der Waals surface area (Å²) in [6.45, 7) is 0. The van der Waals surface area contributed by atoms with Gasteiger partial charge in [0.05, 0.1) is 6.93 Å². The molecule has 6 heteroatoms. The van der Waals surface area contributed by atoms with Crippen LogP contribution in [0, 0.1) is 0 Å². The Morgan fingerprint density at radius 1 is 1.31 bits per heavy atom. The first-order valence-corrected chi connectivity index (χ1v) is 4.75. The fourth-order valence-electron chi connectivity index (χ4n) is 1.23. The van der Waals surface area contributed by atoms with Gasteiger partial charge >= 0.3 is 6.18 Å². The Morgan fingerprint density at radius 3 is 2.56 bits per heavy atom. The predicted molar refractivity (Wildman–Crippen MR) is 55.8 cm³/mol. The zero-order valence-electron chi connectivity index (χ0n) is 8.86. The molecule has 2 nitrogen and oxygen atoms in total. The Bertz CT molecular complexity index is 551. The summed E-state index contributed by atoms with van der Waals surface area (Å²) in [4.78, 5) is 3.83. The van der Waals surface area contributed by atoms with Crippen LogP contribution in [0.3, 0.4) is 0 Å². The molecule has 0 aliphatic rings. The molecule has 0 amide bonds. The Kier molecular flexibility index (Phi) is 2.36. The van der Waals surface area contributed by atoms with E-state index in [4.69, 9.17) is 1.37 Å². The molecule has 0 spiro atoms. The molecule has 0 bridgehead atoms. The lowest BCUT2D eigenvalue weighted by molar-refractivity contribution is -0.137.